The van der Waals surface area contributed by atoms with E-state index >= 15 is 0 Å². The molecule has 0 saturated heterocycles. The molecule has 0 radical (unpaired) electrons. The van der Waals surface area contributed by atoms with Crippen LogP contribution >= 0.6 is 11.6 Å². The maximum Gasteiger partial charge on any atom is 0.407 e. The number of nitrogens with one attached hydrogen (secondary N) is 1. The van der Waals surface area contributed by atoms with Gasteiger partial charge in [-0.05, 0) is 44.1 Å². The van der Waals surface area contributed by atoms with E-state index in [1.807, 2.05) is 0 Å². The maximum atomic E-state index is 11.5. The molecule has 1 aromatic carbocycles. The van der Waals surface area contributed by atoms with Crippen molar-refractivity contribution in [2.45, 2.75) is 44.6 Å². The van der Waals surface area contributed by atoms with Gasteiger partial charge in [-0.1, -0.05) is 29.8 Å². The lowest BCUT2D eigenvalue weighted by Gasteiger charge is -2.29. The van der Waals surface area contributed by atoms with Crippen molar-refractivity contribution in [3.05, 3.63) is 35.4 Å². The molecule has 0 heterocycles. The van der Waals surface area contributed by atoms with E-state index in [0.29, 0.717) is 11.8 Å². The summed E-state index contributed by atoms with van der Waals surface area (Å²) in [5, 5.41) is 2.91. The first kappa shape index (κ1) is 15.2. The van der Waals surface area contributed by atoms with E-state index in [9.17, 15) is 4.79 Å². The molecule has 1 N–H and O–H groups in total. The van der Waals surface area contributed by atoms with Crippen LogP contribution < -0.4 is 5.32 Å². The fourth-order valence-electron chi connectivity index (χ4n) is 2.75. The minimum atomic E-state index is -0.343. The normalized spacial score (nSPS) is 22.3. The van der Waals surface area contributed by atoms with Gasteiger partial charge in [0.15, 0.2) is 0 Å². The van der Waals surface area contributed by atoms with Gasteiger partial charge < -0.3 is 10.1 Å². The molecule has 0 bridgehead atoms. The average Bonchev–Trinajstić information content (AvgIpc) is 2.47. The number of carbonyl (C=O) groups is 1. The van der Waals surface area contributed by atoms with Gasteiger partial charge >= 0.3 is 6.09 Å². The minimum absolute atomic E-state index is 0.236. The van der Waals surface area contributed by atoms with Gasteiger partial charge in [0.05, 0.1) is 5.88 Å². The Morgan fingerprint density at radius 3 is 2.50 bits per heavy atom. The molecule has 1 aliphatic rings. The van der Waals surface area contributed by atoms with Gasteiger partial charge in [-0.15, -0.1) is 11.6 Å². The maximum absolute atomic E-state index is 11.5. The number of alkyl carbamates (subject to hydrolysis) is 1. The van der Waals surface area contributed by atoms with Crippen LogP contribution in [-0.4, -0.2) is 24.6 Å². The zero-order chi connectivity index (χ0) is 14.4. The van der Waals surface area contributed by atoms with Crippen LogP contribution in [-0.2, 0) is 4.74 Å². The summed E-state index contributed by atoms with van der Waals surface area (Å²) in [6.45, 7) is 2.38. The third kappa shape index (κ3) is 4.41. The molecule has 1 aliphatic carbocycles. The number of benzene rings is 1. The molecule has 20 heavy (non-hydrogen) atoms. The number of ether oxygens (including phenoxy) is 1. The number of rotatable bonds is 4. The summed E-state index contributed by atoms with van der Waals surface area (Å²) in [6.07, 6.45) is 3.90. The number of halogens is 1. The predicted octanol–water partition coefficient (Wildman–Crippen LogP) is 3.99. The molecule has 1 fully saturated rings. The minimum Gasteiger partial charge on any atom is -0.448 e. The zero-order valence-corrected chi connectivity index (χ0v) is 12.7. The van der Waals surface area contributed by atoms with Crippen molar-refractivity contribution in [1.82, 2.24) is 5.32 Å². The lowest BCUT2D eigenvalue weighted by atomic mass is 9.81. The van der Waals surface area contributed by atoms with Crippen LogP contribution in [0.2, 0.25) is 0 Å². The molecule has 1 amide bonds. The summed E-state index contributed by atoms with van der Waals surface area (Å²) in [4.78, 5) is 11.5. The Morgan fingerprint density at radius 2 is 1.90 bits per heavy atom. The SMILES string of the molecule is Cc1ccc(C2CCC(NC(=O)OCCCl)CC2)cc1. The molecule has 1 saturated carbocycles. The van der Waals surface area contributed by atoms with E-state index in [-0.39, 0.29) is 18.7 Å². The first-order valence-electron chi connectivity index (χ1n) is 7.25. The molecule has 3 nitrogen and oxygen atoms in total. The second-order valence-electron chi connectivity index (χ2n) is 5.43. The van der Waals surface area contributed by atoms with Crippen molar-refractivity contribution in [2.75, 3.05) is 12.5 Å². The monoisotopic (exact) mass is 295 g/mol. The van der Waals surface area contributed by atoms with Gasteiger partial charge in [0.2, 0.25) is 0 Å². The van der Waals surface area contributed by atoms with Crippen molar-refractivity contribution < 1.29 is 9.53 Å². The van der Waals surface area contributed by atoms with Crippen LogP contribution in [0.5, 0.6) is 0 Å². The van der Waals surface area contributed by atoms with E-state index in [2.05, 4.69) is 36.5 Å². The summed E-state index contributed by atoms with van der Waals surface area (Å²) in [5.74, 6) is 0.959. The van der Waals surface area contributed by atoms with Crippen molar-refractivity contribution in [2.24, 2.45) is 0 Å². The fourth-order valence-corrected chi connectivity index (χ4v) is 2.83. The topological polar surface area (TPSA) is 38.3 Å². The summed E-state index contributed by atoms with van der Waals surface area (Å²) in [7, 11) is 0. The Labute approximate surface area is 125 Å². The number of aryl methyl sites for hydroxylation is 1. The average molecular weight is 296 g/mol. The van der Waals surface area contributed by atoms with Gasteiger partial charge in [-0.3, -0.25) is 0 Å². The molecular weight excluding hydrogens is 274 g/mol. The van der Waals surface area contributed by atoms with Gasteiger partial charge in [0.25, 0.3) is 0 Å². The van der Waals surface area contributed by atoms with Gasteiger partial charge in [0.1, 0.15) is 6.61 Å². The van der Waals surface area contributed by atoms with Crippen LogP contribution in [0.1, 0.15) is 42.7 Å². The lowest BCUT2D eigenvalue weighted by Crippen LogP contribution is -2.37. The van der Waals surface area contributed by atoms with E-state index in [1.165, 1.54) is 11.1 Å². The highest BCUT2D eigenvalue weighted by Gasteiger charge is 2.23. The Balaban J connectivity index is 1.77. The number of amides is 1. The molecular formula is C16H22ClNO2. The highest BCUT2D eigenvalue weighted by molar-refractivity contribution is 6.18. The van der Waals surface area contributed by atoms with Crippen molar-refractivity contribution in [1.29, 1.82) is 0 Å². The van der Waals surface area contributed by atoms with Crippen molar-refractivity contribution >= 4 is 17.7 Å². The van der Waals surface area contributed by atoms with Crippen LogP contribution in [0.3, 0.4) is 0 Å². The van der Waals surface area contributed by atoms with Gasteiger partial charge in [-0.2, -0.15) is 0 Å². The molecule has 0 aliphatic heterocycles. The molecule has 2 rings (SSSR count). The van der Waals surface area contributed by atoms with Gasteiger partial charge in [0, 0.05) is 6.04 Å². The standard InChI is InChI=1S/C16H22ClNO2/c1-12-2-4-13(5-3-12)14-6-8-15(9-7-14)18-16(19)20-11-10-17/h2-5,14-15H,6-11H2,1H3,(H,18,19). The van der Waals surface area contributed by atoms with Crippen LogP contribution in [0.25, 0.3) is 0 Å². The third-order valence-corrected chi connectivity index (χ3v) is 4.06. The van der Waals surface area contributed by atoms with Gasteiger partial charge in [-0.25, -0.2) is 4.79 Å². The predicted molar refractivity (Wildman–Crippen MR) is 81.4 cm³/mol. The summed E-state index contributed by atoms with van der Waals surface area (Å²) < 4.78 is 4.94. The molecule has 110 valence electrons. The Bertz CT molecular complexity index is 425. The van der Waals surface area contributed by atoms with E-state index in [0.717, 1.165) is 25.7 Å². The molecule has 0 atom stereocenters. The third-order valence-electron chi connectivity index (χ3n) is 3.91. The second-order valence-corrected chi connectivity index (χ2v) is 5.81. The molecule has 1 aromatic rings. The first-order valence-corrected chi connectivity index (χ1v) is 7.78. The fraction of sp³-hybridized carbons (Fsp3) is 0.562. The largest absolute Gasteiger partial charge is 0.448 e. The Kier molecular flexibility index (Phi) is 5.72. The first-order chi connectivity index (χ1) is 9.69. The highest BCUT2D eigenvalue weighted by atomic mass is 35.5. The molecule has 0 aromatic heterocycles. The number of hydrogen-bond donors (Lipinski definition) is 1. The molecule has 0 spiro atoms. The number of carbonyl (C=O) groups excluding carboxylic acids is 1. The highest BCUT2D eigenvalue weighted by Crippen LogP contribution is 2.32. The summed E-state index contributed by atoms with van der Waals surface area (Å²) in [5.41, 5.74) is 2.71. The zero-order valence-electron chi connectivity index (χ0n) is 11.9. The van der Waals surface area contributed by atoms with Crippen molar-refractivity contribution in [3.8, 4) is 0 Å². The second kappa shape index (κ2) is 7.53. The van der Waals surface area contributed by atoms with E-state index in [4.69, 9.17) is 16.3 Å². The number of alkyl halides is 1. The lowest BCUT2D eigenvalue weighted by molar-refractivity contribution is 0.145. The molecule has 4 heteroatoms. The van der Waals surface area contributed by atoms with Crippen LogP contribution in [0, 0.1) is 6.92 Å². The summed E-state index contributed by atoms with van der Waals surface area (Å²) in [6, 6.07) is 9.02. The smallest absolute Gasteiger partial charge is 0.407 e. The quantitative estimate of drug-likeness (QED) is 0.853. The molecule has 0 unspecified atom stereocenters. The summed E-state index contributed by atoms with van der Waals surface area (Å²) >= 11 is 5.48. The number of hydrogen-bond acceptors (Lipinski definition) is 2. The van der Waals surface area contributed by atoms with Crippen LogP contribution in [0.4, 0.5) is 4.79 Å². The van der Waals surface area contributed by atoms with Crippen LogP contribution in [0.15, 0.2) is 24.3 Å². The Hall–Kier alpha value is -1.22. The van der Waals surface area contributed by atoms with E-state index in [1.54, 1.807) is 0 Å². The Morgan fingerprint density at radius 1 is 1.25 bits per heavy atom. The van der Waals surface area contributed by atoms with E-state index < -0.39 is 0 Å². The van der Waals surface area contributed by atoms with Crippen molar-refractivity contribution in [3.63, 3.8) is 0 Å².